The van der Waals surface area contributed by atoms with Crippen molar-refractivity contribution in [3.63, 3.8) is 0 Å². The molecular formula is C31H34ClN5O4. The second-order valence-corrected chi connectivity index (χ2v) is 10.6. The quantitative estimate of drug-likeness (QED) is 0.448. The van der Waals surface area contributed by atoms with E-state index >= 15 is 0 Å². The number of halogens is 1. The molecule has 2 aliphatic heterocycles. The Hall–Kier alpha value is -4.08. The molecule has 10 heteroatoms. The number of rotatable bonds is 7. The highest BCUT2D eigenvalue weighted by atomic mass is 35.5. The predicted molar refractivity (Wildman–Crippen MR) is 160 cm³/mol. The molecular weight excluding hydrogens is 542 g/mol. The van der Waals surface area contributed by atoms with E-state index in [0.717, 1.165) is 30.1 Å². The summed E-state index contributed by atoms with van der Waals surface area (Å²) in [6.07, 6.45) is 0.182. The van der Waals surface area contributed by atoms with E-state index in [2.05, 4.69) is 15.5 Å². The van der Waals surface area contributed by atoms with E-state index in [0.29, 0.717) is 61.1 Å². The molecule has 0 spiro atoms. The molecule has 0 unspecified atom stereocenters. The van der Waals surface area contributed by atoms with Crippen molar-refractivity contribution in [2.45, 2.75) is 6.42 Å². The topological polar surface area (TPSA) is 94.2 Å². The van der Waals surface area contributed by atoms with Crippen LogP contribution in [0.4, 0.5) is 11.4 Å². The Bertz CT molecular complexity index is 1400. The van der Waals surface area contributed by atoms with Gasteiger partial charge in [-0.1, -0.05) is 29.8 Å². The number of amides is 3. The molecule has 5 rings (SSSR count). The number of methoxy groups -OCH3 is 1. The van der Waals surface area contributed by atoms with Crippen molar-refractivity contribution in [2.75, 3.05) is 69.7 Å². The van der Waals surface area contributed by atoms with Crippen LogP contribution in [-0.4, -0.2) is 87.0 Å². The van der Waals surface area contributed by atoms with Crippen LogP contribution in [0, 0.1) is 0 Å². The fourth-order valence-corrected chi connectivity index (χ4v) is 5.36. The summed E-state index contributed by atoms with van der Waals surface area (Å²) in [5, 5.41) is 6.85. The summed E-state index contributed by atoms with van der Waals surface area (Å²) in [4.78, 5) is 45.2. The summed E-state index contributed by atoms with van der Waals surface area (Å²) in [5.41, 5.74) is 3.35. The van der Waals surface area contributed by atoms with Gasteiger partial charge in [-0.2, -0.15) is 0 Å². The van der Waals surface area contributed by atoms with Crippen LogP contribution in [0.3, 0.4) is 0 Å². The first kappa shape index (κ1) is 28.4. The Morgan fingerprint density at radius 3 is 2.15 bits per heavy atom. The first-order valence-electron chi connectivity index (χ1n) is 13.8. The second-order valence-electron chi connectivity index (χ2n) is 10.1. The van der Waals surface area contributed by atoms with Crippen molar-refractivity contribution in [1.29, 1.82) is 0 Å². The maximum atomic E-state index is 13.3. The number of carbonyl (C=O) groups excluding carboxylic acids is 3. The number of nitrogens with one attached hydrogen (secondary N) is 2. The molecule has 0 atom stereocenters. The number of hydrogen-bond donors (Lipinski definition) is 2. The van der Waals surface area contributed by atoms with Crippen molar-refractivity contribution >= 4 is 40.7 Å². The minimum Gasteiger partial charge on any atom is -0.497 e. The lowest BCUT2D eigenvalue weighted by Gasteiger charge is -2.37. The third-order valence-electron chi connectivity index (χ3n) is 7.42. The van der Waals surface area contributed by atoms with E-state index in [9.17, 15) is 14.4 Å². The lowest BCUT2D eigenvalue weighted by Crippen LogP contribution is -2.49. The zero-order valence-electron chi connectivity index (χ0n) is 23.1. The van der Waals surface area contributed by atoms with Gasteiger partial charge in [0, 0.05) is 68.5 Å². The van der Waals surface area contributed by atoms with Gasteiger partial charge in [0.15, 0.2) is 0 Å². The zero-order valence-corrected chi connectivity index (χ0v) is 23.8. The molecule has 3 aromatic rings. The smallest absolute Gasteiger partial charge is 0.254 e. The molecule has 2 aliphatic rings. The molecule has 3 amide bonds. The van der Waals surface area contributed by atoms with Gasteiger partial charge >= 0.3 is 0 Å². The van der Waals surface area contributed by atoms with Gasteiger partial charge in [0.1, 0.15) is 5.75 Å². The first-order chi connectivity index (χ1) is 19.9. The molecule has 3 aromatic carbocycles. The molecule has 2 heterocycles. The number of benzene rings is 3. The lowest BCUT2D eigenvalue weighted by molar-refractivity contribution is -0.115. The highest BCUT2D eigenvalue weighted by Crippen LogP contribution is 2.30. The molecule has 2 fully saturated rings. The highest BCUT2D eigenvalue weighted by Gasteiger charge is 2.26. The van der Waals surface area contributed by atoms with E-state index in [1.165, 1.54) is 0 Å². The minimum atomic E-state index is -0.182. The summed E-state index contributed by atoms with van der Waals surface area (Å²) >= 11 is 6.09. The number of hydrogen-bond acceptors (Lipinski definition) is 6. The summed E-state index contributed by atoms with van der Waals surface area (Å²) in [5.74, 6) is 0.430. The van der Waals surface area contributed by atoms with Crippen LogP contribution in [0.1, 0.15) is 26.3 Å². The fourth-order valence-electron chi connectivity index (χ4n) is 5.17. The molecule has 0 aromatic heterocycles. The Morgan fingerprint density at radius 2 is 1.49 bits per heavy atom. The van der Waals surface area contributed by atoms with Crippen LogP contribution in [0.5, 0.6) is 5.75 Å². The van der Waals surface area contributed by atoms with Gasteiger partial charge in [-0.25, -0.2) is 0 Å². The van der Waals surface area contributed by atoms with E-state index in [1.54, 1.807) is 37.4 Å². The van der Waals surface area contributed by atoms with Gasteiger partial charge < -0.3 is 30.1 Å². The normalized spacial score (nSPS) is 15.4. The van der Waals surface area contributed by atoms with Crippen LogP contribution >= 0.6 is 11.6 Å². The molecule has 0 aliphatic carbocycles. The third-order valence-corrected chi connectivity index (χ3v) is 7.66. The van der Waals surface area contributed by atoms with Crippen molar-refractivity contribution in [3.8, 4) is 5.75 Å². The molecule has 41 heavy (non-hydrogen) atoms. The average molecular weight is 576 g/mol. The van der Waals surface area contributed by atoms with Gasteiger partial charge in [-0.05, 0) is 54.1 Å². The van der Waals surface area contributed by atoms with E-state index < -0.39 is 0 Å². The summed E-state index contributed by atoms with van der Waals surface area (Å²) in [6.45, 7) is 5.00. The Morgan fingerprint density at radius 1 is 0.829 bits per heavy atom. The van der Waals surface area contributed by atoms with Gasteiger partial charge in [0.2, 0.25) is 5.91 Å². The molecule has 2 N–H and O–H groups in total. The van der Waals surface area contributed by atoms with Crippen LogP contribution in [-0.2, 0) is 11.2 Å². The van der Waals surface area contributed by atoms with Crippen molar-refractivity contribution in [1.82, 2.24) is 15.1 Å². The maximum absolute atomic E-state index is 13.3. The average Bonchev–Trinajstić information content (AvgIpc) is 3.01. The van der Waals surface area contributed by atoms with E-state index in [-0.39, 0.29) is 24.1 Å². The molecule has 9 nitrogen and oxygen atoms in total. The Kier molecular flexibility index (Phi) is 9.06. The van der Waals surface area contributed by atoms with Crippen LogP contribution in [0.15, 0.2) is 66.7 Å². The SMILES string of the molecule is COc1ccc(CC(=O)Nc2cc(C(=O)N3CCNCC3)ccc2N2CCN(C(=O)c3cccc(Cl)c3)CC2)cc1. The number of piperazine rings is 2. The largest absolute Gasteiger partial charge is 0.497 e. The molecule has 2 saturated heterocycles. The summed E-state index contributed by atoms with van der Waals surface area (Å²) < 4.78 is 5.21. The van der Waals surface area contributed by atoms with Crippen LogP contribution < -0.4 is 20.3 Å². The van der Waals surface area contributed by atoms with E-state index in [4.69, 9.17) is 16.3 Å². The monoisotopic (exact) mass is 575 g/mol. The highest BCUT2D eigenvalue weighted by molar-refractivity contribution is 6.31. The van der Waals surface area contributed by atoms with Crippen molar-refractivity contribution < 1.29 is 19.1 Å². The fraction of sp³-hybridized carbons (Fsp3) is 0.323. The minimum absolute atomic E-state index is 0.0550. The third kappa shape index (κ3) is 6.99. The van der Waals surface area contributed by atoms with Crippen LogP contribution in [0.2, 0.25) is 5.02 Å². The van der Waals surface area contributed by atoms with Gasteiger partial charge in [0.05, 0.1) is 24.9 Å². The Labute approximate surface area is 245 Å². The zero-order chi connectivity index (χ0) is 28.8. The second kappa shape index (κ2) is 13.1. The van der Waals surface area contributed by atoms with E-state index in [1.807, 2.05) is 46.2 Å². The summed E-state index contributed by atoms with van der Waals surface area (Å²) in [6, 6.07) is 19.8. The molecule has 214 valence electrons. The molecule has 0 radical (unpaired) electrons. The Balaban J connectivity index is 1.33. The van der Waals surface area contributed by atoms with Crippen molar-refractivity contribution in [3.05, 3.63) is 88.4 Å². The standard InChI is InChI=1S/C31H34ClN5O4/c1-41-26-8-5-22(6-9-26)19-29(38)34-27-21-24(31(40)36-13-11-33-12-14-36)7-10-28(27)35-15-17-37(18-16-35)30(39)23-3-2-4-25(32)20-23/h2-10,20-21,33H,11-19H2,1H3,(H,34,38). The molecule has 0 saturated carbocycles. The number of anilines is 2. The molecule has 0 bridgehead atoms. The lowest BCUT2D eigenvalue weighted by atomic mass is 10.1. The predicted octanol–water partition coefficient (Wildman–Crippen LogP) is 3.54. The number of nitrogens with zero attached hydrogens (tertiary/aromatic N) is 3. The van der Waals surface area contributed by atoms with Gasteiger partial charge in [-0.3, -0.25) is 14.4 Å². The summed E-state index contributed by atoms with van der Waals surface area (Å²) in [7, 11) is 1.60. The van der Waals surface area contributed by atoms with Gasteiger partial charge in [-0.15, -0.1) is 0 Å². The first-order valence-corrected chi connectivity index (χ1v) is 14.2. The van der Waals surface area contributed by atoms with Crippen molar-refractivity contribution in [2.24, 2.45) is 0 Å². The maximum Gasteiger partial charge on any atom is 0.254 e. The number of ether oxygens (including phenoxy) is 1. The van der Waals surface area contributed by atoms with Gasteiger partial charge in [0.25, 0.3) is 11.8 Å². The number of carbonyl (C=O) groups is 3. The van der Waals surface area contributed by atoms with Crippen LogP contribution in [0.25, 0.3) is 0 Å².